The van der Waals surface area contributed by atoms with Gasteiger partial charge in [-0.15, -0.1) is 0 Å². The maximum absolute atomic E-state index is 13.2. The largest absolute Gasteiger partial charge is 0.352 e. The van der Waals surface area contributed by atoms with Gasteiger partial charge in [0, 0.05) is 30.3 Å². The molecule has 0 saturated heterocycles. The summed E-state index contributed by atoms with van der Waals surface area (Å²) in [5.74, 6) is 0.0939. The second-order valence-corrected chi connectivity index (χ2v) is 8.56. The molecule has 1 amide bonds. The van der Waals surface area contributed by atoms with Crippen LogP contribution in [0.1, 0.15) is 46.4 Å². The molecule has 2 aromatic heterocycles. The first kappa shape index (κ1) is 22.5. The average Bonchev–Trinajstić information content (AvgIpc) is 3.36. The van der Waals surface area contributed by atoms with E-state index >= 15 is 0 Å². The second kappa shape index (κ2) is 10.3. The van der Waals surface area contributed by atoms with Crippen molar-refractivity contribution in [2.45, 2.75) is 25.7 Å². The van der Waals surface area contributed by atoms with E-state index in [-0.39, 0.29) is 11.8 Å². The first-order valence-electron chi connectivity index (χ1n) is 12.1. The van der Waals surface area contributed by atoms with E-state index in [4.69, 9.17) is 5.10 Å². The van der Waals surface area contributed by atoms with Gasteiger partial charge >= 0.3 is 0 Å². The highest BCUT2D eigenvalue weighted by atomic mass is 16.1. The van der Waals surface area contributed by atoms with Crippen LogP contribution in [-0.2, 0) is 6.42 Å². The van der Waals surface area contributed by atoms with E-state index < -0.39 is 0 Å². The second-order valence-electron chi connectivity index (χ2n) is 8.56. The number of nitrogens with one attached hydrogen (secondary N) is 1. The molecule has 5 aromatic rings. The Kier molecular flexibility index (Phi) is 6.66. The van der Waals surface area contributed by atoms with Crippen molar-refractivity contribution in [1.82, 2.24) is 19.9 Å². The number of hydrogen-bond donors (Lipinski definition) is 1. The van der Waals surface area contributed by atoms with Gasteiger partial charge in [-0.2, -0.15) is 5.10 Å². The number of amides is 1. The van der Waals surface area contributed by atoms with Crippen molar-refractivity contribution in [2.24, 2.45) is 0 Å². The number of fused-ring (bicyclic) bond motifs is 1. The quantitative estimate of drug-likeness (QED) is 0.313. The van der Waals surface area contributed by atoms with Crippen LogP contribution in [0.3, 0.4) is 0 Å². The summed E-state index contributed by atoms with van der Waals surface area (Å²) in [6.07, 6.45) is 3.15. The zero-order valence-electron chi connectivity index (χ0n) is 19.8. The van der Waals surface area contributed by atoms with E-state index in [1.54, 1.807) is 10.7 Å². The molecule has 0 bridgehead atoms. The fourth-order valence-corrected chi connectivity index (χ4v) is 4.58. The standard InChI is InChI=1S/C30H28N4O/c1-2-28-26(21-32-29-20-27(33-34(28)29)24-16-10-5-11-17-24)30(35)31-19-18-25(22-12-6-3-7-13-22)23-14-8-4-9-15-23/h3-17,20-21,25H,2,18-19H2,1H3,(H,31,35). The monoisotopic (exact) mass is 460 g/mol. The minimum absolute atomic E-state index is 0.118. The van der Waals surface area contributed by atoms with Gasteiger partial charge in [0.25, 0.3) is 5.91 Å². The number of carbonyl (C=O) groups is 1. The molecule has 0 saturated carbocycles. The third-order valence-electron chi connectivity index (χ3n) is 6.35. The van der Waals surface area contributed by atoms with Crippen LogP contribution in [0, 0.1) is 0 Å². The molecule has 2 heterocycles. The Hall–Kier alpha value is -4.25. The maximum atomic E-state index is 13.2. The predicted molar refractivity (Wildman–Crippen MR) is 139 cm³/mol. The van der Waals surface area contributed by atoms with Crippen LogP contribution in [0.25, 0.3) is 16.9 Å². The molecule has 0 unspecified atom stereocenters. The zero-order chi connectivity index (χ0) is 24.0. The molecule has 3 aromatic carbocycles. The molecule has 35 heavy (non-hydrogen) atoms. The lowest BCUT2D eigenvalue weighted by molar-refractivity contribution is 0.0950. The van der Waals surface area contributed by atoms with E-state index in [1.807, 2.05) is 55.5 Å². The Bertz CT molecular complexity index is 1370. The summed E-state index contributed by atoms with van der Waals surface area (Å²) in [7, 11) is 0. The van der Waals surface area contributed by atoms with Gasteiger partial charge in [0.1, 0.15) is 0 Å². The maximum Gasteiger partial charge on any atom is 0.254 e. The first-order valence-corrected chi connectivity index (χ1v) is 12.1. The summed E-state index contributed by atoms with van der Waals surface area (Å²) in [6, 6.07) is 32.9. The fraction of sp³-hybridized carbons (Fsp3) is 0.167. The summed E-state index contributed by atoms with van der Waals surface area (Å²) in [4.78, 5) is 17.7. The summed E-state index contributed by atoms with van der Waals surface area (Å²) < 4.78 is 1.80. The molecule has 0 fully saturated rings. The molecule has 5 nitrogen and oxygen atoms in total. The molecular weight excluding hydrogens is 432 g/mol. The Balaban J connectivity index is 1.35. The van der Waals surface area contributed by atoms with Crippen LogP contribution in [0.2, 0.25) is 0 Å². The summed E-state index contributed by atoms with van der Waals surface area (Å²) in [5, 5.41) is 7.89. The van der Waals surface area contributed by atoms with Crippen molar-refractivity contribution >= 4 is 11.6 Å². The van der Waals surface area contributed by atoms with Gasteiger partial charge < -0.3 is 5.32 Å². The van der Waals surface area contributed by atoms with Crippen molar-refractivity contribution in [3.8, 4) is 11.3 Å². The molecule has 0 aliphatic carbocycles. The van der Waals surface area contributed by atoms with Gasteiger partial charge in [-0.05, 0) is 24.0 Å². The number of rotatable bonds is 8. The van der Waals surface area contributed by atoms with E-state index in [0.717, 1.165) is 29.0 Å². The van der Waals surface area contributed by atoms with Gasteiger partial charge in [-0.1, -0.05) is 97.9 Å². The minimum Gasteiger partial charge on any atom is -0.352 e. The van der Waals surface area contributed by atoms with Crippen LogP contribution in [0.4, 0.5) is 0 Å². The fourth-order valence-electron chi connectivity index (χ4n) is 4.58. The van der Waals surface area contributed by atoms with Crippen molar-refractivity contribution in [2.75, 3.05) is 6.54 Å². The van der Waals surface area contributed by atoms with Crippen molar-refractivity contribution in [3.63, 3.8) is 0 Å². The summed E-state index contributed by atoms with van der Waals surface area (Å²) in [6.45, 7) is 2.60. The topological polar surface area (TPSA) is 59.3 Å². The molecule has 0 radical (unpaired) electrons. The average molecular weight is 461 g/mol. The highest BCUT2D eigenvalue weighted by Gasteiger charge is 2.18. The van der Waals surface area contributed by atoms with E-state index in [1.165, 1.54) is 11.1 Å². The van der Waals surface area contributed by atoms with Crippen LogP contribution in [-0.4, -0.2) is 27.0 Å². The Morgan fingerprint density at radius 1 is 0.886 bits per heavy atom. The van der Waals surface area contributed by atoms with E-state index in [0.29, 0.717) is 18.5 Å². The number of aryl methyl sites for hydroxylation is 1. The number of carbonyl (C=O) groups excluding carboxylic acids is 1. The molecule has 0 aliphatic heterocycles. The molecule has 0 aliphatic rings. The molecule has 174 valence electrons. The number of benzene rings is 3. The summed E-state index contributed by atoms with van der Waals surface area (Å²) >= 11 is 0. The van der Waals surface area contributed by atoms with Gasteiger partial charge in [0.05, 0.1) is 17.0 Å². The first-order chi connectivity index (χ1) is 17.2. The molecule has 5 heteroatoms. The third kappa shape index (κ3) is 4.85. The van der Waals surface area contributed by atoms with Gasteiger partial charge in [-0.25, -0.2) is 9.50 Å². The molecule has 5 rings (SSSR count). The molecule has 1 N–H and O–H groups in total. The number of nitrogens with zero attached hydrogens (tertiary/aromatic N) is 3. The SMILES string of the molecule is CCc1c(C(=O)NCCC(c2ccccc2)c2ccccc2)cnc2cc(-c3ccccc3)nn12. The smallest absolute Gasteiger partial charge is 0.254 e. The minimum atomic E-state index is -0.118. The molecule has 0 atom stereocenters. The van der Waals surface area contributed by atoms with Crippen molar-refractivity contribution in [1.29, 1.82) is 0 Å². The highest BCUT2D eigenvalue weighted by Crippen LogP contribution is 2.27. The predicted octanol–water partition coefficient (Wildman–Crippen LogP) is 5.91. The van der Waals surface area contributed by atoms with Crippen LogP contribution in [0.15, 0.2) is 103 Å². The van der Waals surface area contributed by atoms with Crippen LogP contribution >= 0.6 is 0 Å². The van der Waals surface area contributed by atoms with Crippen molar-refractivity contribution < 1.29 is 4.79 Å². The van der Waals surface area contributed by atoms with Crippen LogP contribution < -0.4 is 5.32 Å². The highest BCUT2D eigenvalue weighted by molar-refractivity contribution is 5.95. The Morgan fingerprint density at radius 2 is 1.49 bits per heavy atom. The van der Waals surface area contributed by atoms with E-state index in [2.05, 4.69) is 58.8 Å². The van der Waals surface area contributed by atoms with Gasteiger partial charge in [0.2, 0.25) is 0 Å². The zero-order valence-corrected chi connectivity index (χ0v) is 19.8. The van der Waals surface area contributed by atoms with Crippen LogP contribution in [0.5, 0.6) is 0 Å². The van der Waals surface area contributed by atoms with Crippen molar-refractivity contribution in [3.05, 3.63) is 126 Å². The lowest BCUT2D eigenvalue weighted by Gasteiger charge is -2.19. The Labute approximate surface area is 205 Å². The third-order valence-corrected chi connectivity index (χ3v) is 6.35. The molecule has 0 spiro atoms. The lowest BCUT2D eigenvalue weighted by Crippen LogP contribution is -2.28. The van der Waals surface area contributed by atoms with Gasteiger partial charge in [-0.3, -0.25) is 4.79 Å². The lowest BCUT2D eigenvalue weighted by atomic mass is 9.88. The number of hydrogen-bond acceptors (Lipinski definition) is 3. The normalized spacial score (nSPS) is 11.1. The summed E-state index contributed by atoms with van der Waals surface area (Å²) in [5.41, 5.74) is 6.53. The van der Waals surface area contributed by atoms with E-state index in [9.17, 15) is 4.79 Å². The van der Waals surface area contributed by atoms with Gasteiger partial charge in [0.15, 0.2) is 5.65 Å². The number of aromatic nitrogens is 3. The molecular formula is C30H28N4O. The Morgan fingerprint density at radius 3 is 2.09 bits per heavy atom.